The van der Waals surface area contributed by atoms with Gasteiger partial charge in [0.1, 0.15) is 0 Å². The fourth-order valence-corrected chi connectivity index (χ4v) is 1.72. The van der Waals surface area contributed by atoms with E-state index in [-0.39, 0.29) is 18.3 Å². The van der Waals surface area contributed by atoms with Crippen LogP contribution in [-0.2, 0) is 9.53 Å². The van der Waals surface area contributed by atoms with Gasteiger partial charge in [-0.1, -0.05) is 6.07 Å². The number of methoxy groups -OCH3 is 1. The minimum absolute atomic E-state index is 0.0994. The van der Waals surface area contributed by atoms with Crippen molar-refractivity contribution in [2.45, 2.75) is 6.42 Å². The molecule has 0 fully saturated rings. The third-order valence-corrected chi connectivity index (χ3v) is 2.73. The minimum Gasteiger partial charge on any atom is -0.468 e. The standard InChI is InChI=1S/C10H13NO3S/c1-14-10(13)7-11-5-4-8(12)9-3-2-6-15-9/h2-3,6,11H,4-5,7H2,1H3. The number of hydrogen-bond acceptors (Lipinski definition) is 5. The van der Waals surface area contributed by atoms with Gasteiger partial charge in [0, 0.05) is 13.0 Å². The number of Topliss-reactive ketones (excluding diaryl/α,β-unsaturated/α-hetero) is 1. The smallest absolute Gasteiger partial charge is 0.319 e. The van der Waals surface area contributed by atoms with Gasteiger partial charge in [0.25, 0.3) is 0 Å². The zero-order valence-corrected chi connectivity index (χ0v) is 9.30. The van der Waals surface area contributed by atoms with E-state index in [1.807, 2.05) is 11.4 Å². The molecule has 0 atom stereocenters. The molecule has 1 aromatic rings. The van der Waals surface area contributed by atoms with Crippen LogP contribution in [0.15, 0.2) is 17.5 Å². The number of ketones is 1. The fourth-order valence-electron chi connectivity index (χ4n) is 1.02. The van der Waals surface area contributed by atoms with Crippen LogP contribution in [0.2, 0.25) is 0 Å². The van der Waals surface area contributed by atoms with Gasteiger partial charge in [-0.2, -0.15) is 0 Å². The number of esters is 1. The normalized spacial score (nSPS) is 9.93. The fraction of sp³-hybridized carbons (Fsp3) is 0.400. The number of ether oxygens (including phenoxy) is 1. The van der Waals surface area contributed by atoms with Crippen LogP contribution in [0.4, 0.5) is 0 Å². The number of thiophene rings is 1. The van der Waals surface area contributed by atoms with Gasteiger partial charge in [-0.05, 0) is 11.4 Å². The zero-order chi connectivity index (χ0) is 11.1. The van der Waals surface area contributed by atoms with E-state index in [2.05, 4.69) is 10.1 Å². The summed E-state index contributed by atoms with van der Waals surface area (Å²) in [6, 6.07) is 3.65. The monoisotopic (exact) mass is 227 g/mol. The lowest BCUT2D eigenvalue weighted by atomic mass is 10.2. The van der Waals surface area contributed by atoms with E-state index in [0.29, 0.717) is 13.0 Å². The van der Waals surface area contributed by atoms with Crippen molar-refractivity contribution >= 4 is 23.1 Å². The highest BCUT2D eigenvalue weighted by Crippen LogP contribution is 2.10. The second kappa shape index (κ2) is 6.31. The molecule has 0 spiro atoms. The lowest BCUT2D eigenvalue weighted by molar-refractivity contribution is -0.139. The Bertz CT molecular complexity index is 321. The van der Waals surface area contributed by atoms with E-state index < -0.39 is 0 Å². The van der Waals surface area contributed by atoms with Gasteiger partial charge < -0.3 is 10.1 Å². The summed E-state index contributed by atoms with van der Waals surface area (Å²) < 4.78 is 4.45. The maximum atomic E-state index is 11.5. The summed E-state index contributed by atoms with van der Waals surface area (Å²) in [7, 11) is 1.33. The molecule has 1 heterocycles. The van der Waals surface area contributed by atoms with Crippen LogP contribution in [-0.4, -0.2) is 32.0 Å². The molecule has 1 N–H and O–H groups in total. The molecule has 15 heavy (non-hydrogen) atoms. The van der Waals surface area contributed by atoms with Crippen molar-refractivity contribution in [2.75, 3.05) is 20.2 Å². The van der Waals surface area contributed by atoms with Crippen molar-refractivity contribution in [2.24, 2.45) is 0 Å². The molecule has 82 valence electrons. The Morgan fingerprint density at radius 3 is 2.93 bits per heavy atom. The van der Waals surface area contributed by atoms with Crippen molar-refractivity contribution in [3.63, 3.8) is 0 Å². The summed E-state index contributed by atoms with van der Waals surface area (Å²) in [6.07, 6.45) is 0.400. The average Bonchev–Trinajstić information content (AvgIpc) is 2.77. The zero-order valence-electron chi connectivity index (χ0n) is 8.49. The highest BCUT2D eigenvalue weighted by molar-refractivity contribution is 7.12. The average molecular weight is 227 g/mol. The number of nitrogens with one attached hydrogen (secondary N) is 1. The van der Waals surface area contributed by atoms with Crippen LogP contribution in [0.5, 0.6) is 0 Å². The summed E-state index contributed by atoms with van der Waals surface area (Å²) in [5.74, 6) is -0.221. The van der Waals surface area contributed by atoms with E-state index in [1.165, 1.54) is 18.4 Å². The van der Waals surface area contributed by atoms with Gasteiger partial charge in [0.15, 0.2) is 5.78 Å². The number of rotatable bonds is 6. The number of hydrogen-bond donors (Lipinski definition) is 1. The van der Waals surface area contributed by atoms with Crippen molar-refractivity contribution in [3.05, 3.63) is 22.4 Å². The van der Waals surface area contributed by atoms with Gasteiger partial charge in [0.2, 0.25) is 0 Å². The summed E-state index contributed by atoms with van der Waals surface area (Å²) in [6.45, 7) is 0.639. The molecule has 1 aromatic heterocycles. The Kier molecular flexibility index (Phi) is 5.00. The molecule has 0 aliphatic rings. The van der Waals surface area contributed by atoms with Crippen molar-refractivity contribution in [1.29, 1.82) is 0 Å². The van der Waals surface area contributed by atoms with Crippen molar-refractivity contribution < 1.29 is 14.3 Å². The Morgan fingerprint density at radius 2 is 2.33 bits per heavy atom. The Hall–Kier alpha value is -1.20. The maximum absolute atomic E-state index is 11.5. The predicted octanol–water partition coefficient (Wildman–Crippen LogP) is 1.08. The first kappa shape index (κ1) is 11.9. The van der Waals surface area contributed by atoms with Crippen LogP contribution in [0.1, 0.15) is 16.1 Å². The third kappa shape index (κ3) is 4.22. The van der Waals surface area contributed by atoms with Crippen molar-refractivity contribution in [1.82, 2.24) is 5.32 Å². The Balaban J connectivity index is 2.16. The van der Waals surface area contributed by atoms with E-state index in [1.54, 1.807) is 6.07 Å². The van der Waals surface area contributed by atoms with E-state index in [4.69, 9.17) is 0 Å². The van der Waals surface area contributed by atoms with Gasteiger partial charge in [-0.25, -0.2) is 0 Å². The van der Waals surface area contributed by atoms with Gasteiger partial charge in [-0.3, -0.25) is 9.59 Å². The number of carbonyl (C=O) groups is 2. The largest absolute Gasteiger partial charge is 0.468 e. The van der Waals surface area contributed by atoms with E-state index >= 15 is 0 Å². The first-order valence-corrected chi connectivity index (χ1v) is 5.46. The van der Waals surface area contributed by atoms with Crippen LogP contribution < -0.4 is 5.32 Å². The molecule has 1 rings (SSSR count). The Labute approximate surface area is 92.2 Å². The molecule has 0 radical (unpaired) electrons. The summed E-state index contributed by atoms with van der Waals surface area (Å²) >= 11 is 1.43. The summed E-state index contributed by atoms with van der Waals surface area (Å²) in [4.78, 5) is 23.0. The molecule has 0 amide bonds. The minimum atomic E-state index is -0.321. The highest BCUT2D eigenvalue weighted by atomic mass is 32.1. The molecule has 5 heteroatoms. The Morgan fingerprint density at radius 1 is 1.53 bits per heavy atom. The topological polar surface area (TPSA) is 55.4 Å². The van der Waals surface area contributed by atoms with Gasteiger partial charge in [-0.15, -0.1) is 11.3 Å². The van der Waals surface area contributed by atoms with Gasteiger partial charge in [0.05, 0.1) is 18.5 Å². The SMILES string of the molecule is COC(=O)CNCCC(=O)c1cccs1. The first-order valence-electron chi connectivity index (χ1n) is 4.58. The van der Waals surface area contributed by atoms with Crippen LogP contribution in [0, 0.1) is 0 Å². The summed E-state index contributed by atoms with van der Waals surface area (Å²) in [5, 5.41) is 4.71. The molecule has 0 saturated carbocycles. The molecular formula is C10H13NO3S. The maximum Gasteiger partial charge on any atom is 0.319 e. The third-order valence-electron chi connectivity index (χ3n) is 1.82. The molecule has 0 saturated heterocycles. The van der Waals surface area contributed by atoms with Crippen LogP contribution >= 0.6 is 11.3 Å². The lowest BCUT2D eigenvalue weighted by Crippen LogP contribution is -2.26. The quantitative estimate of drug-likeness (QED) is 0.449. The van der Waals surface area contributed by atoms with E-state index in [0.717, 1.165) is 4.88 Å². The van der Waals surface area contributed by atoms with Crippen LogP contribution in [0.3, 0.4) is 0 Å². The molecule has 0 bridgehead atoms. The lowest BCUT2D eigenvalue weighted by Gasteiger charge is -2.01. The molecule has 0 aliphatic heterocycles. The second-order valence-electron chi connectivity index (χ2n) is 2.90. The predicted molar refractivity (Wildman–Crippen MR) is 58.2 cm³/mol. The second-order valence-corrected chi connectivity index (χ2v) is 3.85. The first-order chi connectivity index (χ1) is 7.24. The van der Waals surface area contributed by atoms with Crippen LogP contribution in [0.25, 0.3) is 0 Å². The molecule has 0 unspecified atom stereocenters. The molecule has 0 aliphatic carbocycles. The highest BCUT2D eigenvalue weighted by Gasteiger charge is 2.06. The number of carbonyl (C=O) groups excluding carboxylic acids is 2. The summed E-state index contributed by atoms with van der Waals surface area (Å²) in [5.41, 5.74) is 0. The molecular weight excluding hydrogens is 214 g/mol. The van der Waals surface area contributed by atoms with Gasteiger partial charge >= 0.3 is 5.97 Å². The molecule has 0 aromatic carbocycles. The van der Waals surface area contributed by atoms with Crippen molar-refractivity contribution in [3.8, 4) is 0 Å². The molecule has 4 nitrogen and oxygen atoms in total. The van der Waals surface area contributed by atoms with E-state index in [9.17, 15) is 9.59 Å².